The van der Waals surface area contributed by atoms with E-state index in [0.717, 1.165) is 16.9 Å². The minimum Gasteiger partial charge on any atom is -0.496 e. The lowest BCUT2D eigenvalue weighted by molar-refractivity contribution is -0.145. The fourth-order valence-corrected chi connectivity index (χ4v) is 2.10. The van der Waals surface area contributed by atoms with Crippen LogP contribution in [0.3, 0.4) is 0 Å². The molecule has 0 bridgehead atoms. The lowest BCUT2D eigenvalue weighted by Crippen LogP contribution is -2.14. The van der Waals surface area contributed by atoms with Gasteiger partial charge in [-0.05, 0) is 42.8 Å². The second-order valence-electron chi connectivity index (χ2n) is 5.07. The Morgan fingerprint density at radius 2 is 1.92 bits per heavy atom. The first-order valence-electron chi connectivity index (χ1n) is 7.99. The lowest BCUT2D eigenvalue weighted by Gasteiger charge is -2.07. The van der Waals surface area contributed by atoms with Gasteiger partial charge in [0.2, 0.25) is 0 Å². The van der Waals surface area contributed by atoms with E-state index >= 15 is 0 Å². The Morgan fingerprint density at radius 1 is 1.16 bits per heavy atom. The molecular formula is C19H22N2O4. The lowest BCUT2D eigenvalue weighted by atomic mass is 10.2. The summed E-state index contributed by atoms with van der Waals surface area (Å²) in [7, 11) is 1.65. The molecule has 0 spiro atoms. The Morgan fingerprint density at radius 3 is 2.64 bits per heavy atom. The zero-order valence-electron chi connectivity index (χ0n) is 14.4. The highest BCUT2D eigenvalue weighted by molar-refractivity contribution is 5.79. The molecule has 0 aliphatic heterocycles. The quantitative estimate of drug-likeness (QED) is 0.431. The average Bonchev–Trinajstić information content (AvgIpc) is 2.65. The minimum atomic E-state index is -0.381. The number of benzene rings is 2. The number of carbonyl (C=O) groups excluding carboxylic acids is 1. The molecule has 6 heteroatoms. The van der Waals surface area contributed by atoms with Crippen molar-refractivity contribution in [1.29, 1.82) is 0 Å². The number of esters is 1. The first-order valence-corrected chi connectivity index (χ1v) is 7.99. The van der Waals surface area contributed by atoms with E-state index in [2.05, 4.69) is 10.5 Å². The van der Waals surface area contributed by atoms with E-state index in [0.29, 0.717) is 18.9 Å². The van der Waals surface area contributed by atoms with Gasteiger partial charge in [-0.15, -0.1) is 0 Å². The largest absolute Gasteiger partial charge is 0.496 e. The normalized spacial score (nSPS) is 10.5. The zero-order valence-corrected chi connectivity index (χ0v) is 14.4. The van der Waals surface area contributed by atoms with Crippen molar-refractivity contribution in [1.82, 2.24) is 5.43 Å². The Bertz CT molecular complexity index is 699. The van der Waals surface area contributed by atoms with Crippen molar-refractivity contribution in [3.63, 3.8) is 0 Å². The van der Waals surface area contributed by atoms with Crippen LogP contribution < -0.4 is 14.9 Å². The van der Waals surface area contributed by atoms with Gasteiger partial charge in [0.1, 0.15) is 11.5 Å². The highest BCUT2D eigenvalue weighted by Crippen LogP contribution is 2.16. The maximum atomic E-state index is 11.2. The van der Waals surface area contributed by atoms with Gasteiger partial charge < -0.3 is 19.6 Å². The number of rotatable bonds is 9. The molecule has 2 aromatic carbocycles. The predicted molar refractivity (Wildman–Crippen MR) is 96.0 cm³/mol. The highest BCUT2D eigenvalue weighted by Gasteiger charge is 2.02. The fourth-order valence-electron chi connectivity index (χ4n) is 2.10. The number of nitrogens with one attached hydrogen (secondary N) is 1. The molecule has 0 aromatic heterocycles. The van der Waals surface area contributed by atoms with Gasteiger partial charge in [0.25, 0.3) is 0 Å². The van der Waals surface area contributed by atoms with E-state index < -0.39 is 0 Å². The highest BCUT2D eigenvalue weighted by atomic mass is 16.6. The molecule has 0 aliphatic carbocycles. The van der Waals surface area contributed by atoms with Crippen LogP contribution in [-0.4, -0.2) is 32.5 Å². The molecule has 0 aliphatic rings. The topological polar surface area (TPSA) is 69.2 Å². The van der Waals surface area contributed by atoms with Crippen molar-refractivity contribution in [2.24, 2.45) is 5.10 Å². The Hall–Kier alpha value is -3.02. The van der Waals surface area contributed by atoms with Gasteiger partial charge in [0.05, 0.1) is 26.5 Å². The summed E-state index contributed by atoms with van der Waals surface area (Å²) in [4.78, 5) is 11.2. The molecule has 2 aromatic rings. The summed E-state index contributed by atoms with van der Waals surface area (Å²) in [6.07, 6.45) is 1.71. The van der Waals surface area contributed by atoms with E-state index in [-0.39, 0.29) is 12.6 Å². The Labute approximate surface area is 147 Å². The van der Waals surface area contributed by atoms with Gasteiger partial charge >= 0.3 is 5.97 Å². The van der Waals surface area contributed by atoms with Crippen molar-refractivity contribution in [2.75, 3.05) is 20.3 Å². The van der Waals surface area contributed by atoms with Crippen LogP contribution in [0.25, 0.3) is 0 Å². The number of hydrogen-bond acceptors (Lipinski definition) is 6. The molecule has 0 fully saturated rings. The van der Waals surface area contributed by atoms with Crippen LogP contribution in [-0.2, 0) is 16.1 Å². The SMILES string of the molecule is CCOC(=O)COc1ccc(/C=N/NCc2ccccc2OC)cc1. The summed E-state index contributed by atoms with van der Waals surface area (Å²) in [5.74, 6) is 1.05. The third-order valence-corrected chi connectivity index (χ3v) is 3.31. The van der Waals surface area contributed by atoms with Gasteiger partial charge in [-0.3, -0.25) is 0 Å². The van der Waals surface area contributed by atoms with E-state index in [1.165, 1.54) is 0 Å². The molecular weight excluding hydrogens is 320 g/mol. The van der Waals surface area contributed by atoms with Crippen molar-refractivity contribution in [3.05, 3.63) is 59.7 Å². The van der Waals surface area contributed by atoms with Crippen LogP contribution in [0.5, 0.6) is 11.5 Å². The third kappa shape index (κ3) is 6.18. The van der Waals surface area contributed by atoms with Crippen molar-refractivity contribution >= 4 is 12.2 Å². The third-order valence-electron chi connectivity index (χ3n) is 3.31. The zero-order chi connectivity index (χ0) is 17.9. The maximum absolute atomic E-state index is 11.2. The van der Waals surface area contributed by atoms with Gasteiger partial charge in [-0.1, -0.05) is 18.2 Å². The van der Waals surface area contributed by atoms with Gasteiger partial charge in [-0.25, -0.2) is 4.79 Å². The molecule has 2 rings (SSSR count). The van der Waals surface area contributed by atoms with E-state index in [9.17, 15) is 4.79 Å². The van der Waals surface area contributed by atoms with Gasteiger partial charge in [-0.2, -0.15) is 5.10 Å². The molecule has 0 saturated heterocycles. The van der Waals surface area contributed by atoms with Crippen LogP contribution in [0.4, 0.5) is 0 Å². The first-order chi connectivity index (χ1) is 12.2. The Balaban J connectivity index is 1.80. The summed E-state index contributed by atoms with van der Waals surface area (Å²) in [6, 6.07) is 15.0. The van der Waals surface area contributed by atoms with Crippen LogP contribution >= 0.6 is 0 Å². The number of carbonyl (C=O) groups is 1. The molecule has 6 nitrogen and oxygen atoms in total. The second-order valence-corrected chi connectivity index (χ2v) is 5.07. The number of hydrogen-bond donors (Lipinski definition) is 1. The summed E-state index contributed by atoms with van der Waals surface area (Å²) in [6.45, 7) is 2.58. The van der Waals surface area contributed by atoms with E-state index in [4.69, 9.17) is 14.2 Å². The number of hydrazone groups is 1. The molecule has 0 saturated carbocycles. The molecule has 0 atom stereocenters. The summed E-state index contributed by atoms with van der Waals surface area (Å²) in [5, 5.41) is 4.20. The summed E-state index contributed by atoms with van der Waals surface area (Å²) < 4.78 is 15.4. The molecule has 0 amide bonds. The smallest absolute Gasteiger partial charge is 0.344 e. The molecule has 132 valence electrons. The maximum Gasteiger partial charge on any atom is 0.344 e. The predicted octanol–water partition coefficient (Wildman–Crippen LogP) is 2.76. The summed E-state index contributed by atoms with van der Waals surface area (Å²) >= 11 is 0. The van der Waals surface area contributed by atoms with Crippen LogP contribution in [0.15, 0.2) is 53.6 Å². The van der Waals surface area contributed by atoms with E-state index in [1.54, 1.807) is 32.4 Å². The van der Waals surface area contributed by atoms with Crippen molar-refractivity contribution in [2.45, 2.75) is 13.5 Å². The first kappa shape index (κ1) is 18.3. The van der Waals surface area contributed by atoms with Crippen LogP contribution in [0, 0.1) is 0 Å². The van der Waals surface area contributed by atoms with Crippen LogP contribution in [0.1, 0.15) is 18.1 Å². The van der Waals surface area contributed by atoms with E-state index in [1.807, 2.05) is 36.4 Å². The van der Waals surface area contributed by atoms with Gasteiger partial charge in [0, 0.05) is 5.56 Å². The van der Waals surface area contributed by atoms with Crippen molar-refractivity contribution in [3.8, 4) is 11.5 Å². The second kappa shape index (κ2) is 9.97. The van der Waals surface area contributed by atoms with Crippen molar-refractivity contribution < 1.29 is 19.0 Å². The molecule has 0 unspecified atom stereocenters. The summed E-state index contributed by atoms with van der Waals surface area (Å²) in [5.41, 5.74) is 4.94. The minimum absolute atomic E-state index is 0.0955. The molecule has 0 heterocycles. The Kier molecular flexibility index (Phi) is 7.31. The number of nitrogens with zero attached hydrogens (tertiary/aromatic N) is 1. The monoisotopic (exact) mass is 342 g/mol. The molecule has 0 radical (unpaired) electrons. The molecule has 1 N–H and O–H groups in total. The number of methoxy groups -OCH3 is 1. The number of para-hydroxylation sites is 1. The number of ether oxygens (including phenoxy) is 3. The van der Waals surface area contributed by atoms with Crippen LogP contribution in [0.2, 0.25) is 0 Å². The average molecular weight is 342 g/mol. The fraction of sp³-hybridized carbons (Fsp3) is 0.263. The standard InChI is InChI=1S/C19H22N2O4/c1-3-24-19(22)14-25-17-10-8-15(9-11-17)12-20-21-13-16-6-4-5-7-18(16)23-2/h4-12,21H,3,13-14H2,1-2H3/b20-12+. The molecule has 25 heavy (non-hydrogen) atoms. The van der Waals surface area contributed by atoms with Gasteiger partial charge in [0.15, 0.2) is 6.61 Å².